The highest BCUT2D eigenvalue weighted by molar-refractivity contribution is 5.94. The van der Waals surface area contributed by atoms with Crippen LogP contribution < -0.4 is 10.1 Å². The number of aliphatic hydroxyl groups is 1. The van der Waals surface area contributed by atoms with Gasteiger partial charge in [0, 0.05) is 18.7 Å². The predicted octanol–water partition coefficient (Wildman–Crippen LogP) is 1.44. The van der Waals surface area contributed by atoms with E-state index < -0.39 is 0 Å². The van der Waals surface area contributed by atoms with Crippen LogP contribution in [0.15, 0.2) is 24.3 Å². The molecule has 0 aliphatic carbocycles. The third-order valence-corrected chi connectivity index (χ3v) is 2.35. The Labute approximate surface area is 102 Å². The zero-order chi connectivity index (χ0) is 12.7. The van der Waals surface area contributed by atoms with Crippen molar-refractivity contribution >= 4 is 5.91 Å². The van der Waals surface area contributed by atoms with Crippen molar-refractivity contribution in [2.45, 2.75) is 13.8 Å². The molecule has 0 spiro atoms. The van der Waals surface area contributed by atoms with Crippen molar-refractivity contribution in [1.29, 1.82) is 0 Å². The fraction of sp³-hybridized carbons (Fsp3) is 0.462. The Morgan fingerprint density at radius 1 is 1.41 bits per heavy atom. The summed E-state index contributed by atoms with van der Waals surface area (Å²) in [5, 5.41) is 11.6. The van der Waals surface area contributed by atoms with E-state index in [0.29, 0.717) is 18.7 Å². The largest absolute Gasteiger partial charge is 0.494 e. The van der Waals surface area contributed by atoms with E-state index in [1.165, 1.54) is 0 Å². The molecule has 94 valence electrons. The second kappa shape index (κ2) is 6.91. The fourth-order valence-corrected chi connectivity index (χ4v) is 1.30. The SMILES string of the molecule is CCOc1ccc(C(=O)NCC(C)CO)cc1. The third kappa shape index (κ3) is 4.44. The van der Waals surface area contributed by atoms with Gasteiger partial charge in [0.25, 0.3) is 5.91 Å². The lowest BCUT2D eigenvalue weighted by Crippen LogP contribution is -2.29. The maximum atomic E-state index is 11.7. The Balaban J connectivity index is 2.51. The molecule has 1 unspecified atom stereocenters. The van der Waals surface area contributed by atoms with Crippen LogP contribution in [0.3, 0.4) is 0 Å². The van der Waals surface area contributed by atoms with Gasteiger partial charge in [0.1, 0.15) is 5.75 Å². The van der Waals surface area contributed by atoms with Crippen LogP contribution in [0.2, 0.25) is 0 Å². The van der Waals surface area contributed by atoms with E-state index in [-0.39, 0.29) is 18.4 Å². The van der Waals surface area contributed by atoms with Gasteiger partial charge in [0.15, 0.2) is 0 Å². The Morgan fingerprint density at radius 3 is 2.59 bits per heavy atom. The van der Waals surface area contributed by atoms with Crippen LogP contribution in [0.5, 0.6) is 5.75 Å². The van der Waals surface area contributed by atoms with E-state index in [4.69, 9.17) is 9.84 Å². The van der Waals surface area contributed by atoms with Crippen molar-refractivity contribution in [1.82, 2.24) is 5.32 Å². The Kier molecular flexibility index (Phi) is 5.49. The number of hydrogen-bond donors (Lipinski definition) is 2. The summed E-state index contributed by atoms with van der Waals surface area (Å²) in [7, 11) is 0. The summed E-state index contributed by atoms with van der Waals surface area (Å²) in [4.78, 5) is 11.7. The first kappa shape index (κ1) is 13.5. The van der Waals surface area contributed by atoms with Crippen molar-refractivity contribution in [2.24, 2.45) is 5.92 Å². The van der Waals surface area contributed by atoms with E-state index in [2.05, 4.69) is 5.32 Å². The maximum absolute atomic E-state index is 11.7. The predicted molar refractivity (Wildman–Crippen MR) is 66.2 cm³/mol. The number of carbonyl (C=O) groups excluding carboxylic acids is 1. The van der Waals surface area contributed by atoms with E-state index in [9.17, 15) is 4.79 Å². The van der Waals surface area contributed by atoms with Crippen molar-refractivity contribution < 1.29 is 14.6 Å². The molecule has 0 saturated heterocycles. The average Bonchev–Trinajstić information content (AvgIpc) is 2.36. The molecule has 0 aromatic heterocycles. The number of carbonyl (C=O) groups is 1. The molecule has 1 atom stereocenters. The van der Waals surface area contributed by atoms with Crippen LogP contribution in [0, 0.1) is 5.92 Å². The molecule has 0 fully saturated rings. The van der Waals surface area contributed by atoms with Crippen molar-refractivity contribution in [2.75, 3.05) is 19.8 Å². The van der Waals surface area contributed by atoms with Crippen molar-refractivity contribution in [3.63, 3.8) is 0 Å². The number of benzene rings is 1. The van der Waals surface area contributed by atoms with Crippen molar-refractivity contribution in [3.05, 3.63) is 29.8 Å². The van der Waals surface area contributed by atoms with Crippen LogP contribution in [-0.2, 0) is 0 Å². The maximum Gasteiger partial charge on any atom is 0.251 e. The van der Waals surface area contributed by atoms with Crippen LogP contribution in [0.4, 0.5) is 0 Å². The highest BCUT2D eigenvalue weighted by Crippen LogP contribution is 2.11. The molecule has 0 saturated carbocycles. The lowest BCUT2D eigenvalue weighted by Gasteiger charge is -2.10. The highest BCUT2D eigenvalue weighted by atomic mass is 16.5. The van der Waals surface area contributed by atoms with Gasteiger partial charge in [-0.2, -0.15) is 0 Å². The molecule has 2 N–H and O–H groups in total. The summed E-state index contributed by atoms with van der Waals surface area (Å²) < 4.78 is 5.29. The molecule has 0 radical (unpaired) electrons. The molecule has 0 aliphatic heterocycles. The summed E-state index contributed by atoms with van der Waals surface area (Å²) >= 11 is 0. The molecule has 1 rings (SSSR count). The minimum atomic E-state index is -0.131. The molecule has 1 amide bonds. The van der Waals surface area contributed by atoms with Gasteiger partial charge < -0.3 is 15.2 Å². The lowest BCUT2D eigenvalue weighted by atomic mass is 10.1. The minimum absolute atomic E-state index is 0.0710. The normalized spacial score (nSPS) is 11.9. The van der Waals surface area contributed by atoms with E-state index in [1.807, 2.05) is 13.8 Å². The number of amides is 1. The number of aliphatic hydroxyl groups excluding tert-OH is 1. The Bertz CT molecular complexity index is 348. The molecule has 1 aromatic carbocycles. The van der Waals surface area contributed by atoms with Crippen LogP contribution in [-0.4, -0.2) is 30.8 Å². The molecule has 1 aromatic rings. The Morgan fingerprint density at radius 2 is 2.06 bits per heavy atom. The second-order valence-corrected chi connectivity index (χ2v) is 3.96. The molecule has 4 nitrogen and oxygen atoms in total. The van der Waals surface area contributed by atoms with Gasteiger partial charge in [0.05, 0.1) is 6.61 Å². The summed E-state index contributed by atoms with van der Waals surface area (Å²) in [5.74, 6) is 0.697. The van der Waals surface area contributed by atoms with Crippen LogP contribution >= 0.6 is 0 Å². The first-order valence-electron chi connectivity index (χ1n) is 5.79. The molecular weight excluding hydrogens is 218 g/mol. The first-order valence-corrected chi connectivity index (χ1v) is 5.79. The van der Waals surface area contributed by atoms with Gasteiger partial charge in [-0.15, -0.1) is 0 Å². The Hall–Kier alpha value is -1.55. The van der Waals surface area contributed by atoms with Crippen molar-refractivity contribution in [3.8, 4) is 5.75 Å². The quantitative estimate of drug-likeness (QED) is 0.787. The zero-order valence-electron chi connectivity index (χ0n) is 10.3. The van der Waals surface area contributed by atoms with Crippen LogP contribution in [0.1, 0.15) is 24.2 Å². The van der Waals surface area contributed by atoms with Gasteiger partial charge >= 0.3 is 0 Å². The van der Waals surface area contributed by atoms with Gasteiger partial charge in [0.2, 0.25) is 0 Å². The minimum Gasteiger partial charge on any atom is -0.494 e. The standard InChI is InChI=1S/C13H19NO3/c1-3-17-12-6-4-11(5-7-12)13(16)14-8-10(2)9-15/h4-7,10,15H,3,8-9H2,1-2H3,(H,14,16). The van der Waals surface area contributed by atoms with E-state index >= 15 is 0 Å². The van der Waals surface area contributed by atoms with E-state index in [1.54, 1.807) is 24.3 Å². The number of rotatable bonds is 6. The average molecular weight is 237 g/mol. The summed E-state index contributed by atoms with van der Waals surface area (Å²) in [5.41, 5.74) is 0.596. The van der Waals surface area contributed by atoms with Gasteiger partial charge in [-0.05, 0) is 37.1 Å². The van der Waals surface area contributed by atoms with Gasteiger partial charge in [-0.3, -0.25) is 4.79 Å². The highest BCUT2D eigenvalue weighted by Gasteiger charge is 2.07. The summed E-state index contributed by atoms with van der Waals surface area (Å²) in [6.07, 6.45) is 0. The summed E-state index contributed by atoms with van der Waals surface area (Å²) in [6.45, 7) is 4.95. The molecule has 0 bridgehead atoms. The number of nitrogens with one attached hydrogen (secondary N) is 1. The van der Waals surface area contributed by atoms with Gasteiger partial charge in [-0.25, -0.2) is 0 Å². The number of hydrogen-bond acceptors (Lipinski definition) is 3. The molecule has 0 heterocycles. The van der Waals surface area contributed by atoms with E-state index in [0.717, 1.165) is 5.75 Å². The molecular formula is C13H19NO3. The fourth-order valence-electron chi connectivity index (χ4n) is 1.30. The third-order valence-electron chi connectivity index (χ3n) is 2.35. The molecule has 0 aliphatic rings. The lowest BCUT2D eigenvalue weighted by molar-refractivity contribution is 0.0942. The van der Waals surface area contributed by atoms with Crippen LogP contribution in [0.25, 0.3) is 0 Å². The summed E-state index contributed by atoms with van der Waals surface area (Å²) in [6, 6.07) is 7.00. The molecule has 17 heavy (non-hydrogen) atoms. The second-order valence-electron chi connectivity index (χ2n) is 3.96. The smallest absolute Gasteiger partial charge is 0.251 e. The first-order chi connectivity index (χ1) is 8.17. The van der Waals surface area contributed by atoms with Gasteiger partial charge in [-0.1, -0.05) is 6.92 Å². The topological polar surface area (TPSA) is 58.6 Å². The monoisotopic (exact) mass is 237 g/mol. The zero-order valence-corrected chi connectivity index (χ0v) is 10.3. The molecule has 4 heteroatoms. The number of ether oxygens (including phenoxy) is 1.